The maximum absolute atomic E-state index is 6.89. The number of para-hydroxylation sites is 4. The van der Waals surface area contributed by atoms with E-state index in [-0.39, 0.29) is 0 Å². The van der Waals surface area contributed by atoms with E-state index in [0.717, 1.165) is 55.4 Å². The van der Waals surface area contributed by atoms with Crippen molar-refractivity contribution in [3.63, 3.8) is 0 Å². The first-order valence-electron chi connectivity index (χ1n) is 17.1. The quantitative estimate of drug-likeness (QED) is 0.185. The highest BCUT2D eigenvalue weighted by Crippen LogP contribution is 2.41. The molecular formula is C46H30N4O. The lowest BCUT2D eigenvalue weighted by atomic mass is 10.0. The third-order valence-electron chi connectivity index (χ3n) is 9.74. The SMILES string of the molecule is Cc1ccc(-c2nc(-c3ccccc3)nc(-c3cccc4c3oc3c(-c5cccc(-n6c7ccccc7c7ccccc76)c5)cccc34)n2)cc1. The van der Waals surface area contributed by atoms with E-state index in [4.69, 9.17) is 19.4 Å². The average Bonchev–Trinajstić information content (AvgIpc) is 3.75. The molecule has 0 N–H and O–H groups in total. The van der Waals surface area contributed by atoms with Gasteiger partial charge in [-0.3, -0.25) is 0 Å². The van der Waals surface area contributed by atoms with Gasteiger partial charge in [-0.25, -0.2) is 15.0 Å². The van der Waals surface area contributed by atoms with Crippen molar-refractivity contribution in [2.24, 2.45) is 0 Å². The van der Waals surface area contributed by atoms with Crippen LogP contribution in [-0.2, 0) is 0 Å². The Balaban J connectivity index is 1.15. The van der Waals surface area contributed by atoms with Crippen LogP contribution in [0.5, 0.6) is 0 Å². The summed E-state index contributed by atoms with van der Waals surface area (Å²) in [7, 11) is 0. The smallest absolute Gasteiger partial charge is 0.167 e. The van der Waals surface area contributed by atoms with E-state index in [0.29, 0.717) is 17.5 Å². The molecular weight excluding hydrogens is 625 g/mol. The van der Waals surface area contributed by atoms with E-state index in [1.807, 2.05) is 36.4 Å². The number of aromatic nitrogens is 4. The minimum Gasteiger partial charge on any atom is -0.455 e. The van der Waals surface area contributed by atoms with Gasteiger partial charge in [0.1, 0.15) is 11.2 Å². The number of furan rings is 1. The van der Waals surface area contributed by atoms with Crippen LogP contribution in [0.4, 0.5) is 0 Å². The fourth-order valence-corrected chi connectivity index (χ4v) is 7.28. The zero-order valence-electron chi connectivity index (χ0n) is 27.8. The first-order chi connectivity index (χ1) is 25.2. The van der Waals surface area contributed by atoms with Crippen LogP contribution in [0.2, 0.25) is 0 Å². The maximum Gasteiger partial charge on any atom is 0.167 e. The van der Waals surface area contributed by atoms with E-state index < -0.39 is 0 Å². The van der Waals surface area contributed by atoms with Crippen molar-refractivity contribution in [3.8, 4) is 51.0 Å². The van der Waals surface area contributed by atoms with Gasteiger partial charge < -0.3 is 8.98 Å². The van der Waals surface area contributed by atoms with Crippen LogP contribution in [0.3, 0.4) is 0 Å². The molecule has 5 nitrogen and oxygen atoms in total. The van der Waals surface area contributed by atoms with E-state index in [1.165, 1.54) is 27.4 Å². The van der Waals surface area contributed by atoms with Crippen LogP contribution in [-0.4, -0.2) is 19.5 Å². The summed E-state index contributed by atoms with van der Waals surface area (Å²) in [5.41, 5.74) is 11.0. The van der Waals surface area contributed by atoms with Crippen LogP contribution in [0.25, 0.3) is 94.7 Å². The number of nitrogens with zero attached hydrogens (tertiary/aromatic N) is 4. The minimum atomic E-state index is 0.569. The summed E-state index contributed by atoms with van der Waals surface area (Å²) < 4.78 is 9.24. The molecule has 51 heavy (non-hydrogen) atoms. The Labute approximate surface area is 294 Å². The Morgan fingerprint density at radius 2 is 0.922 bits per heavy atom. The molecule has 0 aliphatic carbocycles. The van der Waals surface area contributed by atoms with Crippen molar-refractivity contribution in [1.82, 2.24) is 19.5 Å². The van der Waals surface area contributed by atoms with Crippen molar-refractivity contribution in [2.75, 3.05) is 0 Å². The van der Waals surface area contributed by atoms with Crippen LogP contribution >= 0.6 is 0 Å². The molecule has 0 atom stereocenters. The molecule has 0 aliphatic rings. The number of rotatable bonds is 5. The van der Waals surface area contributed by atoms with Gasteiger partial charge in [-0.1, -0.05) is 139 Å². The molecule has 0 amide bonds. The second kappa shape index (κ2) is 11.6. The zero-order valence-corrected chi connectivity index (χ0v) is 27.8. The molecule has 10 aromatic rings. The van der Waals surface area contributed by atoms with Gasteiger partial charge in [-0.05, 0) is 42.8 Å². The first kappa shape index (κ1) is 29.1. The van der Waals surface area contributed by atoms with Gasteiger partial charge >= 0.3 is 0 Å². The lowest BCUT2D eigenvalue weighted by Crippen LogP contribution is -2.00. The number of aryl methyl sites for hydroxylation is 1. The molecule has 3 heterocycles. The Bertz CT molecular complexity index is 2870. The lowest BCUT2D eigenvalue weighted by Gasteiger charge is -2.10. The molecule has 0 radical (unpaired) electrons. The van der Waals surface area contributed by atoms with Gasteiger partial charge in [-0.2, -0.15) is 0 Å². The molecule has 240 valence electrons. The van der Waals surface area contributed by atoms with Crippen molar-refractivity contribution in [1.29, 1.82) is 0 Å². The highest BCUT2D eigenvalue weighted by Gasteiger charge is 2.20. The Kier molecular flexibility index (Phi) is 6.64. The second-order valence-electron chi connectivity index (χ2n) is 12.9. The van der Waals surface area contributed by atoms with Crippen LogP contribution < -0.4 is 0 Å². The van der Waals surface area contributed by atoms with Gasteiger partial charge in [0.25, 0.3) is 0 Å². The zero-order chi connectivity index (χ0) is 33.9. The molecule has 10 rings (SSSR count). The van der Waals surface area contributed by atoms with E-state index in [9.17, 15) is 0 Å². The highest BCUT2D eigenvalue weighted by molar-refractivity contribution is 6.13. The van der Waals surface area contributed by atoms with E-state index in [1.54, 1.807) is 0 Å². The summed E-state index contributed by atoms with van der Waals surface area (Å²) in [5, 5.41) is 4.54. The maximum atomic E-state index is 6.89. The Hall–Kier alpha value is -6.85. The van der Waals surface area contributed by atoms with Crippen LogP contribution in [0.1, 0.15) is 5.56 Å². The number of hydrogen-bond donors (Lipinski definition) is 0. The topological polar surface area (TPSA) is 56.7 Å². The summed E-state index contributed by atoms with van der Waals surface area (Å²) in [6.45, 7) is 2.08. The van der Waals surface area contributed by atoms with E-state index in [2.05, 4.69) is 139 Å². The monoisotopic (exact) mass is 654 g/mol. The third kappa shape index (κ3) is 4.82. The average molecular weight is 655 g/mol. The number of fused-ring (bicyclic) bond motifs is 6. The normalized spacial score (nSPS) is 11.6. The molecule has 0 saturated carbocycles. The number of hydrogen-bond acceptors (Lipinski definition) is 4. The van der Waals surface area contributed by atoms with E-state index >= 15 is 0 Å². The summed E-state index contributed by atoms with van der Waals surface area (Å²) in [6, 6.07) is 56.9. The molecule has 0 bridgehead atoms. The predicted molar refractivity (Wildman–Crippen MR) is 208 cm³/mol. The number of benzene rings is 7. The molecule has 0 unspecified atom stereocenters. The van der Waals surface area contributed by atoms with Gasteiger partial charge in [0, 0.05) is 43.9 Å². The summed E-state index contributed by atoms with van der Waals surface area (Å²) in [4.78, 5) is 15.0. The highest BCUT2D eigenvalue weighted by atomic mass is 16.3. The fourth-order valence-electron chi connectivity index (χ4n) is 7.28. The Morgan fingerprint density at radius 1 is 0.412 bits per heavy atom. The predicted octanol–water partition coefficient (Wildman–Crippen LogP) is 11.8. The molecule has 0 spiro atoms. The lowest BCUT2D eigenvalue weighted by molar-refractivity contribution is 0.670. The van der Waals surface area contributed by atoms with Gasteiger partial charge in [0.05, 0.1) is 16.6 Å². The third-order valence-corrected chi connectivity index (χ3v) is 9.74. The molecule has 7 aromatic carbocycles. The first-order valence-corrected chi connectivity index (χ1v) is 17.1. The van der Waals surface area contributed by atoms with Gasteiger partial charge in [0.15, 0.2) is 17.5 Å². The summed E-state index contributed by atoms with van der Waals surface area (Å²) >= 11 is 0. The van der Waals surface area contributed by atoms with Crippen LogP contribution in [0, 0.1) is 6.92 Å². The van der Waals surface area contributed by atoms with Gasteiger partial charge in [0.2, 0.25) is 0 Å². The van der Waals surface area contributed by atoms with Crippen LogP contribution in [0.15, 0.2) is 168 Å². The molecule has 5 heteroatoms. The van der Waals surface area contributed by atoms with Crippen molar-refractivity contribution in [3.05, 3.63) is 169 Å². The van der Waals surface area contributed by atoms with Crippen molar-refractivity contribution < 1.29 is 4.42 Å². The Morgan fingerprint density at radius 3 is 1.61 bits per heavy atom. The minimum absolute atomic E-state index is 0.569. The largest absolute Gasteiger partial charge is 0.455 e. The molecule has 0 aliphatic heterocycles. The molecule has 0 fully saturated rings. The molecule has 3 aromatic heterocycles. The standard InChI is InChI=1S/C46H30N4O/c1-29-24-26-31(27-25-29)45-47-44(30-12-3-2-4-13-30)48-46(49-45)39-21-11-20-38-37-19-10-18-34(42(37)51-43(38)39)32-14-9-15-33(28-32)50-40-22-7-5-16-35(40)36-17-6-8-23-41(36)50/h2-28H,1H3. The van der Waals surface area contributed by atoms with Crippen molar-refractivity contribution in [2.45, 2.75) is 6.92 Å². The summed E-state index contributed by atoms with van der Waals surface area (Å²) in [6.07, 6.45) is 0. The molecule has 0 saturated heterocycles. The summed E-state index contributed by atoms with van der Waals surface area (Å²) in [5.74, 6) is 1.81. The van der Waals surface area contributed by atoms with Gasteiger partial charge in [-0.15, -0.1) is 0 Å². The fraction of sp³-hybridized carbons (Fsp3) is 0.0217. The second-order valence-corrected chi connectivity index (χ2v) is 12.9. The van der Waals surface area contributed by atoms with Crippen molar-refractivity contribution >= 4 is 43.7 Å².